The molecule has 0 saturated heterocycles. The van der Waals surface area contributed by atoms with Gasteiger partial charge in [-0.15, -0.1) is 0 Å². The van der Waals surface area contributed by atoms with Crippen LogP contribution in [0.15, 0.2) is 18.2 Å². The Bertz CT molecular complexity index is 386. The Kier molecular flexibility index (Phi) is 4.70. The van der Waals surface area contributed by atoms with Crippen molar-refractivity contribution in [3.05, 3.63) is 35.4 Å². The van der Waals surface area contributed by atoms with Crippen LogP contribution in [0.3, 0.4) is 0 Å². The molecule has 3 heteroatoms. The van der Waals surface area contributed by atoms with E-state index in [0.29, 0.717) is 11.5 Å². The second-order valence-electron chi connectivity index (χ2n) is 5.30. The fraction of sp³-hybridized carbons (Fsp3) is 0.600. The molecule has 0 amide bonds. The van der Waals surface area contributed by atoms with Gasteiger partial charge in [-0.25, -0.2) is 8.78 Å². The fourth-order valence-electron chi connectivity index (χ4n) is 2.70. The molecule has 1 nitrogen and oxygen atoms in total. The van der Waals surface area contributed by atoms with Gasteiger partial charge in [0, 0.05) is 17.7 Å². The molecule has 0 spiro atoms. The zero-order chi connectivity index (χ0) is 13.0. The van der Waals surface area contributed by atoms with Gasteiger partial charge in [0.05, 0.1) is 0 Å². The highest BCUT2D eigenvalue weighted by molar-refractivity contribution is 5.21. The quantitative estimate of drug-likeness (QED) is 0.848. The van der Waals surface area contributed by atoms with Crippen LogP contribution in [0.25, 0.3) is 0 Å². The van der Waals surface area contributed by atoms with E-state index in [1.165, 1.54) is 44.2 Å². The van der Waals surface area contributed by atoms with Gasteiger partial charge in [0.25, 0.3) is 0 Å². The molecule has 1 N–H and O–H groups in total. The van der Waals surface area contributed by atoms with E-state index < -0.39 is 11.6 Å². The van der Waals surface area contributed by atoms with Crippen molar-refractivity contribution in [2.75, 3.05) is 6.54 Å². The molecule has 1 atom stereocenters. The average molecular weight is 253 g/mol. The largest absolute Gasteiger partial charge is 0.310 e. The summed E-state index contributed by atoms with van der Waals surface area (Å²) in [5, 5.41) is 3.37. The van der Waals surface area contributed by atoms with Gasteiger partial charge in [-0.2, -0.15) is 0 Å². The molecule has 1 aliphatic rings. The van der Waals surface area contributed by atoms with E-state index in [0.717, 1.165) is 12.6 Å². The SMILES string of the molecule is CC(NCC1CCCCC1)c1ccc(F)cc1F. The van der Waals surface area contributed by atoms with Gasteiger partial charge < -0.3 is 5.32 Å². The van der Waals surface area contributed by atoms with Crippen molar-refractivity contribution in [3.8, 4) is 0 Å². The molecule has 0 bridgehead atoms. The zero-order valence-electron chi connectivity index (χ0n) is 10.9. The lowest BCUT2D eigenvalue weighted by Crippen LogP contribution is -2.27. The zero-order valence-corrected chi connectivity index (χ0v) is 10.9. The summed E-state index contributed by atoms with van der Waals surface area (Å²) in [7, 11) is 0. The van der Waals surface area contributed by atoms with Crippen LogP contribution in [0.5, 0.6) is 0 Å². The number of benzene rings is 1. The molecule has 100 valence electrons. The number of hydrogen-bond acceptors (Lipinski definition) is 1. The van der Waals surface area contributed by atoms with Crippen LogP contribution in [0, 0.1) is 17.6 Å². The van der Waals surface area contributed by atoms with Crippen LogP contribution < -0.4 is 5.32 Å². The predicted molar refractivity (Wildman–Crippen MR) is 69.4 cm³/mol. The maximum atomic E-state index is 13.6. The van der Waals surface area contributed by atoms with Gasteiger partial charge in [0.15, 0.2) is 0 Å². The first-order valence-electron chi connectivity index (χ1n) is 6.85. The average Bonchev–Trinajstić information content (AvgIpc) is 2.37. The Morgan fingerprint density at radius 1 is 1.22 bits per heavy atom. The molecular weight excluding hydrogens is 232 g/mol. The third-order valence-corrected chi connectivity index (χ3v) is 3.87. The molecule has 1 aliphatic carbocycles. The molecule has 0 heterocycles. The smallest absolute Gasteiger partial charge is 0.130 e. The second kappa shape index (κ2) is 6.28. The van der Waals surface area contributed by atoms with Gasteiger partial charge in [-0.1, -0.05) is 25.3 Å². The topological polar surface area (TPSA) is 12.0 Å². The number of rotatable bonds is 4. The molecule has 18 heavy (non-hydrogen) atoms. The monoisotopic (exact) mass is 253 g/mol. The van der Waals surface area contributed by atoms with Crippen molar-refractivity contribution in [2.45, 2.75) is 45.1 Å². The Morgan fingerprint density at radius 3 is 2.61 bits per heavy atom. The first kappa shape index (κ1) is 13.5. The van der Waals surface area contributed by atoms with Crippen molar-refractivity contribution in [1.29, 1.82) is 0 Å². The number of hydrogen-bond donors (Lipinski definition) is 1. The molecule has 0 aromatic heterocycles. The van der Waals surface area contributed by atoms with E-state index in [1.807, 2.05) is 6.92 Å². The molecule has 1 aromatic rings. The number of nitrogens with one attached hydrogen (secondary N) is 1. The molecular formula is C15H21F2N. The second-order valence-corrected chi connectivity index (χ2v) is 5.30. The van der Waals surface area contributed by atoms with Crippen LogP contribution in [0.2, 0.25) is 0 Å². The summed E-state index contributed by atoms with van der Waals surface area (Å²) in [5.41, 5.74) is 0.548. The van der Waals surface area contributed by atoms with Crippen molar-refractivity contribution >= 4 is 0 Å². The van der Waals surface area contributed by atoms with Gasteiger partial charge >= 0.3 is 0 Å². The first-order valence-corrected chi connectivity index (χ1v) is 6.85. The molecule has 2 rings (SSSR count). The fourth-order valence-corrected chi connectivity index (χ4v) is 2.70. The van der Waals surface area contributed by atoms with Gasteiger partial charge in [-0.05, 0) is 38.3 Å². The molecule has 1 saturated carbocycles. The maximum Gasteiger partial charge on any atom is 0.130 e. The van der Waals surface area contributed by atoms with Gasteiger partial charge in [-0.3, -0.25) is 0 Å². The summed E-state index contributed by atoms with van der Waals surface area (Å²) >= 11 is 0. The Labute approximate surface area is 108 Å². The summed E-state index contributed by atoms with van der Waals surface area (Å²) < 4.78 is 26.4. The van der Waals surface area contributed by atoms with Crippen molar-refractivity contribution in [3.63, 3.8) is 0 Å². The van der Waals surface area contributed by atoms with Crippen LogP contribution in [-0.2, 0) is 0 Å². The lowest BCUT2D eigenvalue weighted by Gasteiger charge is -2.24. The van der Waals surface area contributed by atoms with Crippen molar-refractivity contribution < 1.29 is 8.78 Å². The normalized spacial score (nSPS) is 18.8. The summed E-state index contributed by atoms with van der Waals surface area (Å²) in [6.45, 7) is 2.86. The minimum Gasteiger partial charge on any atom is -0.310 e. The molecule has 1 aromatic carbocycles. The molecule has 0 radical (unpaired) electrons. The minimum absolute atomic E-state index is 0.0625. The van der Waals surface area contributed by atoms with Crippen LogP contribution in [0.1, 0.15) is 50.6 Å². The molecule has 1 fully saturated rings. The minimum atomic E-state index is -0.518. The summed E-state index contributed by atoms with van der Waals surface area (Å²) in [5.74, 6) is -0.265. The summed E-state index contributed by atoms with van der Waals surface area (Å²) in [4.78, 5) is 0. The summed E-state index contributed by atoms with van der Waals surface area (Å²) in [6.07, 6.45) is 6.51. The standard InChI is InChI=1S/C15H21F2N/c1-11(14-8-7-13(16)9-15(14)17)18-10-12-5-3-2-4-6-12/h7-9,11-12,18H,2-6,10H2,1H3. The van der Waals surface area contributed by atoms with Crippen LogP contribution in [0.4, 0.5) is 8.78 Å². The predicted octanol–water partition coefficient (Wildman–Crippen LogP) is 4.20. The van der Waals surface area contributed by atoms with E-state index >= 15 is 0 Å². The molecule has 1 unspecified atom stereocenters. The highest BCUT2D eigenvalue weighted by Crippen LogP contribution is 2.24. The summed E-state index contributed by atoms with van der Waals surface area (Å²) in [6, 6.07) is 3.74. The maximum absolute atomic E-state index is 13.6. The van der Waals surface area contributed by atoms with Crippen molar-refractivity contribution in [1.82, 2.24) is 5.32 Å². The number of halogens is 2. The lowest BCUT2D eigenvalue weighted by molar-refractivity contribution is 0.330. The first-order chi connectivity index (χ1) is 8.66. The Balaban J connectivity index is 1.88. The van der Waals surface area contributed by atoms with E-state index in [1.54, 1.807) is 0 Å². The van der Waals surface area contributed by atoms with E-state index in [2.05, 4.69) is 5.32 Å². The van der Waals surface area contributed by atoms with E-state index in [-0.39, 0.29) is 6.04 Å². The Hall–Kier alpha value is -0.960. The van der Waals surface area contributed by atoms with Crippen molar-refractivity contribution in [2.24, 2.45) is 5.92 Å². The van der Waals surface area contributed by atoms with E-state index in [9.17, 15) is 8.78 Å². The third kappa shape index (κ3) is 3.52. The van der Waals surface area contributed by atoms with Crippen LogP contribution >= 0.6 is 0 Å². The van der Waals surface area contributed by atoms with Gasteiger partial charge in [0.2, 0.25) is 0 Å². The van der Waals surface area contributed by atoms with Gasteiger partial charge in [0.1, 0.15) is 11.6 Å². The van der Waals surface area contributed by atoms with E-state index in [4.69, 9.17) is 0 Å². The highest BCUT2D eigenvalue weighted by atomic mass is 19.1. The third-order valence-electron chi connectivity index (χ3n) is 3.87. The lowest BCUT2D eigenvalue weighted by atomic mass is 9.89. The Morgan fingerprint density at radius 2 is 1.94 bits per heavy atom. The highest BCUT2D eigenvalue weighted by Gasteiger charge is 2.16. The van der Waals surface area contributed by atoms with Crippen LogP contribution in [-0.4, -0.2) is 6.54 Å². The molecule has 0 aliphatic heterocycles.